The normalized spacial score (nSPS) is 10.1. The largest absolute Gasteiger partial charge is 0.497 e. The zero-order valence-corrected chi connectivity index (χ0v) is 15.8. The monoisotopic (exact) mass is 389 g/mol. The summed E-state index contributed by atoms with van der Waals surface area (Å²) in [5.74, 6) is -2.30. The van der Waals surface area contributed by atoms with Crippen molar-refractivity contribution < 1.29 is 33.3 Å². The Balaban J connectivity index is 2.76. The minimum atomic E-state index is -0.982. The fourth-order valence-electron chi connectivity index (χ4n) is 2.61. The van der Waals surface area contributed by atoms with Crippen molar-refractivity contribution in [1.82, 2.24) is 4.57 Å². The highest BCUT2D eigenvalue weighted by molar-refractivity contribution is 6.09. The van der Waals surface area contributed by atoms with Crippen LogP contribution in [0.1, 0.15) is 36.8 Å². The molecule has 9 nitrogen and oxygen atoms in total. The Labute approximate surface area is 160 Å². The highest BCUT2D eigenvalue weighted by atomic mass is 16.5. The van der Waals surface area contributed by atoms with Crippen molar-refractivity contribution in [3.63, 3.8) is 0 Å². The van der Waals surface area contributed by atoms with Crippen LogP contribution in [0.2, 0.25) is 0 Å². The molecule has 0 bridgehead atoms. The van der Waals surface area contributed by atoms with Gasteiger partial charge in [0.1, 0.15) is 17.0 Å². The van der Waals surface area contributed by atoms with E-state index in [2.05, 4.69) is 4.74 Å². The lowest BCUT2D eigenvalue weighted by atomic mass is 10.0. The van der Waals surface area contributed by atoms with Crippen LogP contribution in [0.15, 0.2) is 35.1 Å². The number of aromatic nitrogens is 1. The second-order valence-corrected chi connectivity index (χ2v) is 5.53. The van der Waals surface area contributed by atoms with Crippen LogP contribution >= 0.6 is 0 Å². The van der Waals surface area contributed by atoms with Gasteiger partial charge in [0.15, 0.2) is 0 Å². The summed E-state index contributed by atoms with van der Waals surface area (Å²) in [5.41, 5.74) is -1.24. The molecule has 0 saturated carbocycles. The van der Waals surface area contributed by atoms with Gasteiger partial charge in [-0.1, -0.05) is 12.1 Å². The van der Waals surface area contributed by atoms with Crippen LogP contribution < -0.4 is 10.3 Å². The fraction of sp³-hybridized carbons (Fsp3) is 0.263. The molecule has 0 aliphatic heterocycles. The second-order valence-electron chi connectivity index (χ2n) is 5.53. The van der Waals surface area contributed by atoms with Crippen molar-refractivity contribution >= 4 is 17.9 Å². The van der Waals surface area contributed by atoms with E-state index in [1.165, 1.54) is 7.11 Å². The van der Waals surface area contributed by atoms with Gasteiger partial charge < -0.3 is 18.9 Å². The molecule has 28 heavy (non-hydrogen) atoms. The van der Waals surface area contributed by atoms with Crippen molar-refractivity contribution in [2.75, 3.05) is 28.4 Å². The summed E-state index contributed by atoms with van der Waals surface area (Å²) in [6, 6.07) is 7.68. The van der Waals surface area contributed by atoms with Gasteiger partial charge >= 0.3 is 17.9 Å². The summed E-state index contributed by atoms with van der Waals surface area (Å²) in [4.78, 5) is 49.5. The van der Waals surface area contributed by atoms with E-state index in [9.17, 15) is 19.2 Å². The van der Waals surface area contributed by atoms with Gasteiger partial charge in [0.05, 0.1) is 40.5 Å². The third kappa shape index (κ3) is 4.03. The SMILES string of the molecule is COC(=O)c1cc(=O)n(Cc2ccc(OC)cc2)c(C(=O)OC)c1C(=O)OC. The Morgan fingerprint density at radius 3 is 1.93 bits per heavy atom. The van der Waals surface area contributed by atoms with Crippen LogP contribution in [-0.2, 0) is 20.8 Å². The van der Waals surface area contributed by atoms with Crippen LogP contribution in [0, 0.1) is 0 Å². The summed E-state index contributed by atoms with van der Waals surface area (Å²) in [6.45, 7) is -0.0568. The van der Waals surface area contributed by atoms with E-state index in [0.29, 0.717) is 11.3 Å². The number of carbonyl (C=O) groups is 3. The number of carbonyl (C=O) groups excluding carboxylic acids is 3. The lowest BCUT2D eigenvalue weighted by Gasteiger charge is -2.17. The number of benzene rings is 1. The Hall–Kier alpha value is -3.62. The molecule has 0 atom stereocenters. The number of pyridine rings is 1. The third-order valence-corrected chi connectivity index (χ3v) is 3.98. The zero-order chi connectivity index (χ0) is 20.8. The van der Waals surface area contributed by atoms with E-state index >= 15 is 0 Å². The zero-order valence-electron chi connectivity index (χ0n) is 15.8. The molecule has 2 rings (SSSR count). The second kappa shape index (κ2) is 8.85. The van der Waals surface area contributed by atoms with Gasteiger partial charge in [0, 0.05) is 6.07 Å². The maximum absolute atomic E-state index is 12.7. The summed E-state index contributed by atoms with van der Waals surface area (Å²) in [7, 11) is 4.78. The van der Waals surface area contributed by atoms with E-state index < -0.39 is 34.7 Å². The molecule has 148 valence electrons. The minimum Gasteiger partial charge on any atom is -0.497 e. The summed E-state index contributed by atoms with van der Waals surface area (Å²) in [5, 5.41) is 0. The van der Waals surface area contributed by atoms with Gasteiger partial charge in [-0.2, -0.15) is 0 Å². The topological polar surface area (TPSA) is 110 Å². The van der Waals surface area contributed by atoms with Crippen molar-refractivity contribution in [2.45, 2.75) is 6.54 Å². The molecule has 1 heterocycles. The quantitative estimate of drug-likeness (QED) is 0.536. The first-order valence-electron chi connectivity index (χ1n) is 8.03. The van der Waals surface area contributed by atoms with E-state index in [1.54, 1.807) is 24.3 Å². The molecule has 0 aliphatic rings. The molecule has 0 radical (unpaired) electrons. The summed E-state index contributed by atoms with van der Waals surface area (Å²) in [6.07, 6.45) is 0. The lowest BCUT2D eigenvalue weighted by Crippen LogP contribution is -2.32. The van der Waals surface area contributed by atoms with E-state index in [-0.39, 0.29) is 12.1 Å². The predicted octanol–water partition coefficient (Wildman–Crippen LogP) is 1.27. The fourth-order valence-corrected chi connectivity index (χ4v) is 2.61. The maximum atomic E-state index is 12.7. The maximum Gasteiger partial charge on any atom is 0.355 e. The molecule has 0 spiro atoms. The van der Waals surface area contributed by atoms with Crippen molar-refractivity contribution in [3.8, 4) is 5.75 Å². The van der Waals surface area contributed by atoms with Crippen LogP contribution in [0.4, 0.5) is 0 Å². The van der Waals surface area contributed by atoms with Gasteiger partial charge in [-0.15, -0.1) is 0 Å². The molecule has 1 aromatic heterocycles. The standard InChI is InChI=1S/C19H19NO8/c1-25-12-7-5-11(6-8-12)10-20-14(21)9-13(17(22)26-2)15(18(23)27-3)16(20)19(24)28-4/h5-9H,10H2,1-4H3. The van der Waals surface area contributed by atoms with Crippen molar-refractivity contribution in [2.24, 2.45) is 0 Å². The first-order chi connectivity index (χ1) is 13.4. The smallest absolute Gasteiger partial charge is 0.355 e. The van der Waals surface area contributed by atoms with Gasteiger partial charge in [-0.3, -0.25) is 9.36 Å². The molecule has 0 fully saturated rings. The minimum absolute atomic E-state index is 0.0568. The Bertz CT molecular complexity index is 959. The van der Waals surface area contributed by atoms with E-state index in [1.807, 2.05) is 0 Å². The summed E-state index contributed by atoms with van der Waals surface area (Å²) >= 11 is 0. The molecule has 2 aromatic rings. The number of hydrogen-bond acceptors (Lipinski definition) is 8. The third-order valence-electron chi connectivity index (χ3n) is 3.98. The van der Waals surface area contributed by atoms with E-state index in [0.717, 1.165) is 32.0 Å². The molecule has 0 saturated heterocycles. The van der Waals surface area contributed by atoms with Crippen LogP contribution in [-0.4, -0.2) is 50.9 Å². The van der Waals surface area contributed by atoms with Gasteiger partial charge in [0.25, 0.3) is 5.56 Å². The molecule has 0 unspecified atom stereocenters. The average Bonchev–Trinajstić information content (AvgIpc) is 2.73. The first kappa shape index (κ1) is 20.7. The first-order valence-corrected chi connectivity index (χ1v) is 8.03. The molecule has 0 N–H and O–H groups in total. The van der Waals surface area contributed by atoms with Gasteiger partial charge in [-0.25, -0.2) is 14.4 Å². The van der Waals surface area contributed by atoms with Crippen LogP contribution in [0.25, 0.3) is 0 Å². The number of nitrogens with zero attached hydrogens (tertiary/aromatic N) is 1. The number of rotatable bonds is 6. The van der Waals surface area contributed by atoms with Crippen LogP contribution in [0.5, 0.6) is 5.75 Å². The molecule has 0 amide bonds. The average molecular weight is 389 g/mol. The number of hydrogen-bond donors (Lipinski definition) is 0. The van der Waals surface area contributed by atoms with Crippen molar-refractivity contribution in [1.29, 1.82) is 0 Å². The number of ether oxygens (including phenoxy) is 4. The van der Waals surface area contributed by atoms with Crippen molar-refractivity contribution in [3.05, 3.63) is 63.1 Å². The highest BCUT2D eigenvalue weighted by Gasteiger charge is 2.30. The van der Waals surface area contributed by atoms with Gasteiger partial charge in [0.2, 0.25) is 0 Å². The van der Waals surface area contributed by atoms with E-state index in [4.69, 9.17) is 14.2 Å². The van der Waals surface area contributed by atoms with Crippen LogP contribution in [0.3, 0.4) is 0 Å². The molecule has 1 aromatic carbocycles. The highest BCUT2D eigenvalue weighted by Crippen LogP contribution is 2.19. The number of esters is 3. The Kier molecular flexibility index (Phi) is 6.54. The Morgan fingerprint density at radius 1 is 0.857 bits per heavy atom. The molecular weight excluding hydrogens is 370 g/mol. The number of methoxy groups -OCH3 is 4. The lowest BCUT2D eigenvalue weighted by molar-refractivity contribution is 0.0526. The molecular formula is C19H19NO8. The molecule has 9 heteroatoms. The van der Waals surface area contributed by atoms with Gasteiger partial charge in [-0.05, 0) is 17.7 Å². The predicted molar refractivity (Wildman–Crippen MR) is 96.8 cm³/mol. The Morgan fingerprint density at radius 2 is 1.43 bits per heavy atom. The summed E-state index contributed by atoms with van der Waals surface area (Å²) < 4.78 is 20.2. The molecule has 0 aliphatic carbocycles.